The Morgan fingerprint density at radius 3 is 2.37 bits per heavy atom. The molecule has 0 fully saturated rings. The number of aliphatic hydroxyl groups excluding tert-OH is 1. The Morgan fingerprint density at radius 2 is 1.84 bits per heavy atom. The van der Waals surface area contributed by atoms with Crippen LogP contribution in [0, 0.1) is 0 Å². The van der Waals surface area contributed by atoms with E-state index in [-0.39, 0.29) is 19.2 Å². The first kappa shape index (κ1) is 17.4. The van der Waals surface area contributed by atoms with Crippen molar-refractivity contribution in [2.75, 3.05) is 19.8 Å². The predicted octanol–water partition coefficient (Wildman–Crippen LogP) is 2.58. The first-order chi connectivity index (χ1) is 9.26. The summed E-state index contributed by atoms with van der Waals surface area (Å²) in [5, 5.41) is 8.70. The number of carbonyl (C=O) groups excluding carboxylic acids is 1. The molecule has 0 aliphatic heterocycles. The molecule has 0 spiro atoms. The van der Waals surface area contributed by atoms with Crippen LogP contribution in [0.3, 0.4) is 0 Å². The van der Waals surface area contributed by atoms with Gasteiger partial charge in [0.15, 0.2) is 6.61 Å². The fraction of sp³-hybridized carbons (Fsp3) is 0.533. The number of benzene rings is 1. The second-order valence-corrected chi connectivity index (χ2v) is 3.56. The Balaban J connectivity index is 0.00000154. The Bertz CT molecular complexity index is 333. The number of hydrogen-bond donors (Lipinski definition) is 1. The van der Waals surface area contributed by atoms with Gasteiger partial charge in [0.1, 0.15) is 5.75 Å². The van der Waals surface area contributed by atoms with Crippen LogP contribution in [-0.2, 0) is 16.0 Å². The van der Waals surface area contributed by atoms with Gasteiger partial charge in [-0.05, 0) is 37.5 Å². The molecule has 1 aromatic carbocycles. The van der Waals surface area contributed by atoms with Crippen molar-refractivity contribution in [3.8, 4) is 5.75 Å². The summed E-state index contributed by atoms with van der Waals surface area (Å²) in [6, 6.07) is 7.48. The van der Waals surface area contributed by atoms with E-state index in [1.807, 2.05) is 38.1 Å². The van der Waals surface area contributed by atoms with Crippen molar-refractivity contribution >= 4 is 5.97 Å². The Morgan fingerprint density at radius 1 is 1.21 bits per heavy atom. The molecule has 0 saturated heterocycles. The summed E-state index contributed by atoms with van der Waals surface area (Å²) in [6.45, 7) is 6.25. The van der Waals surface area contributed by atoms with E-state index in [1.54, 1.807) is 6.92 Å². The van der Waals surface area contributed by atoms with E-state index in [0.29, 0.717) is 12.4 Å². The molecule has 19 heavy (non-hydrogen) atoms. The number of rotatable bonds is 7. The number of hydrogen-bond acceptors (Lipinski definition) is 4. The molecule has 0 unspecified atom stereocenters. The first-order valence-electron chi connectivity index (χ1n) is 6.74. The Kier molecular flexibility index (Phi) is 10.6. The predicted molar refractivity (Wildman–Crippen MR) is 75.3 cm³/mol. The van der Waals surface area contributed by atoms with Crippen LogP contribution in [-0.4, -0.2) is 30.9 Å². The third kappa shape index (κ3) is 8.21. The lowest BCUT2D eigenvalue weighted by Gasteiger charge is -2.06. The van der Waals surface area contributed by atoms with Crippen molar-refractivity contribution < 1.29 is 19.4 Å². The molecule has 4 nitrogen and oxygen atoms in total. The summed E-state index contributed by atoms with van der Waals surface area (Å²) in [7, 11) is 0. The van der Waals surface area contributed by atoms with Gasteiger partial charge >= 0.3 is 5.97 Å². The minimum atomic E-state index is -0.364. The lowest BCUT2D eigenvalue weighted by Crippen LogP contribution is -2.14. The molecule has 0 amide bonds. The van der Waals surface area contributed by atoms with Gasteiger partial charge in [-0.15, -0.1) is 0 Å². The van der Waals surface area contributed by atoms with Crippen LogP contribution in [0.1, 0.15) is 32.8 Å². The maximum Gasteiger partial charge on any atom is 0.344 e. The van der Waals surface area contributed by atoms with Crippen LogP contribution in [0.4, 0.5) is 0 Å². The summed E-state index contributed by atoms with van der Waals surface area (Å²) in [5.74, 6) is 0.280. The van der Waals surface area contributed by atoms with Crippen LogP contribution in [0.25, 0.3) is 0 Å². The Hall–Kier alpha value is -1.55. The van der Waals surface area contributed by atoms with E-state index in [2.05, 4.69) is 0 Å². The van der Waals surface area contributed by atoms with Gasteiger partial charge in [0.2, 0.25) is 0 Å². The van der Waals surface area contributed by atoms with Crippen molar-refractivity contribution in [1.82, 2.24) is 0 Å². The van der Waals surface area contributed by atoms with Gasteiger partial charge in [0.25, 0.3) is 0 Å². The zero-order valence-electron chi connectivity index (χ0n) is 12.0. The van der Waals surface area contributed by atoms with Gasteiger partial charge in [-0.25, -0.2) is 4.79 Å². The molecular formula is C15H24O4. The summed E-state index contributed by atoms with van der Waals surface area (Å²) in [4.78, 5) is 11.0. The second-order valence-electron chi connectivity index (χ2n) is 3.56. The fourth-order valence-electron chi connectivity index (χ4n) is 1.38. The molecule has 1 N–H and O–H groups in total. The normalized spacial score (nSPS) is 9.26. The average Bonchev–Trinajstić information content (AvgIpc) is 2.46. The van der Waals surface area contributed by atoms with Gasteiger partial charge in [0, 0.05) is 6.61 Å². The lowest BCUT2D eigenvalue weighted by molar-refractivity contribution is -0.145. The van der Waals surface area contributed by atoms with Gasteiger partial charge in [-0.3, -0.25) is 0 Å². The molecule has 1 aromatic rings. The highest BCUT2D eigenvalue weighted by Gasteiger charge is 2.02. The third-order valence-corrected chi connectivity index (χ3v) is 2.21. The molecule has 0 atom stereocenters. The van der Waals surface area contributed by atoms with Crippen molar-refractivity contribution in [2.24, 2.45) is 0 Å². The quantitative estimate of drug-likeness (QED) is 0.772. The summed E-state index contributed by atoms with van der Waals surface area (Å²) < 4.78 is 10.0. The smallest absolute Gasteiger partial charge is 0.344 e. The number of aliphatic hydroxyl groups is 1. The van der Waals surface area contributed by atoms with Gasteiger partial charge in [-0.2, -0.15) is 0 Å². The largest absolute Gasteiger partial charge is 0.482 e. The van der Waals surface area contributed by atoms with Crippen LogP contribution in [0.2, 0.25) is 0 Å². The molecule has 1 rings (SSSR count). The molecule has 0 aliphatic rings. The maximum atomic E-state index is 11.0. The van der Waals surface area contributed by atoms with Crippen LogP contribution in [0.5, 0.6) is 5.75 Å². The fourth-order valence-corrected chi connectivity index (χ4v) is 1.38. The summed E-state index contributed by atoms with van der Waals surface area (Å²) in [5.41, 5.74) is 1.14. The summed E-state index contributed by atoms with van der Waals surface area (Å²) in [6.07, 6.45) is 1.59. The van der Waals surface area contributed by atoms with Crippen LogP contribution in [0.15, 0.2) is 24.3 Å². The third-order valence-electron chi connectivity index (χ3n) is 2.21. The second kappa shape index (κ2) is 11.5. The molecule has 108 valence electrons. The zero-order chi connectivity index (χ0) is 14.5. The standard InChI is InChI=1S/C13H18O4.C2H6/c1-2-16-13(15)10-17-12-7-5-11(6-8-12)4-3-9-14;1-2/h5-8,14H,2-4,9-10H2,1H3;1-2H3. The van der Waals surface area contributed by atoms with E-state index in [1.165, 1.54) is 0 Å². The van der Waals surface area contributed by atoms with E-state index in [0.717, 1.165) is 18.4 Å². The number of carbonyl (C=O) groups is 1. The SMILES string of the molecule is CC.CCOC(=O)COc1ccc(CCCO)cc1. The zero-order valence-corrected chi connectivity index (χ0v) is 12.0. The van der Waals surface area contributed by atoms with E-state index in [4.69, 9.17) is 14.6 Å². The topological polar surface area (TPSA) is 55.8 Å². The highest BCUT2D eigenvalue weighted by Crippen LogP contribution is 2.13. The van der Waals surface area contributed by atoms with Crippen molar-refractivity contribution in [3.63, 3.8) is 0 Å². The molecule has 0 aliphatic carbocycles. The molecule has 0 heterocycles. The van der Waals surface area contributed by atoms with E-state index in [9.17, 15) is 4.79 Å². The van der Waals surface area contributed by atoms with Gasteiger partial charge in [-0.1, -0.05) is 26.0 Å². The van der Waals surface area contributed by atoms with Crippen LogP contribution >= 0.6 is 0 Å². The Labute approximate surface area is 115 Å². The van der Waals surface area contributed by atoms with Crippen LogP contribution < -0.4 is 4.74 Å². The minimum absolute atomic E-state index is 0.0656. The van der Waals surface area contributed by atoms with Crippen molar-refractivity contribution in [3.05, 3.63) is 29.8 Å². The maximum absolute atomic E-state index is 11.0. The molecule has 0 bridgehead atoms. The van der Waals surface area contributed by atoms with Crippen molar-refractivity contribution in [2.45, 2.75) is 33.6 Å². The number of ether oxygens (including phenoxy) is 2. The number of aryl methyl sites for hydroxylation is 1. The molecule has 0 radical (unpaired) electrons. The van der Waals surface area contributed by atoms with E-state index < -0.39 is 0 Å². The minimum Gasteiger partial charge on any atom is -0.482 e. The highest BCUT2D eigenvalue weighted by molar-refractivity contribution is 5.71. The van der Waals surface area contributed by atoms with Gasteiger partial charge in [0.05, 0.1) is 6.61 Å². The van der Waals surface area contributed by atoms with E-state index >= 15 is 0 Å². The molecule has 0 aromatic heterocycles. The molecular weight excluding hydrogens is 244 g/mol. The monoisotopic (exact) mass is 268 g/mol. The molecule has 0 saturated carbocycles. The average molecular weight is 268 g/mol. The van der Waals surface area contributed by atoms with Crippen molar-refractivity contribution in [1.29, 1.82) is 0 Å². The highest BCUT2D eigenvalue weighted by atomic mass is 16.6. The van der Waals surface area contributed by atoms with Gasteiger partial charge < -0.3 is 14.6 Å². The summed E-state index contributed by atoms with van der Waals surface area (Å²) >= 11 is 0. The first-order valence-corrected chi connectivity index (χ1v) is 6.74. The lowest BCUT2D eigenvalue weighted by atomic mass is 10.1. The molecule has 4 heteroatoms. The number of esters is 1.